The number of hydrogen-bond donors (Lipinski definition) is 14. The van der Waals surface area contributed by atoms with E-state index in [9.17, 15) is 63.3 Å². The number of carboxylic acids is 2. The molecule has 0 aliphatic carbocycles. The average Bonchev–Trinajstić information content (AvgIpc) is 4.10. The smallest absolute Gasteiger partial charge is 0.326 e. The molecule has 8 amide bonds. The van der Waals surface area contributed by atoms with E-state index in [1.165, 1.54) is 18.7 Å². The van der Waals surface area contributed by atoms with E-state index in [0.29, 0.717) is 11.3 Å². The summed E-state index contributed by atoms with van der Waals surface area (Å²) in [6.07, 6.45) is 3.16. The van der Waals surface area contributed by atoms with Gasteiger partial charge >= 0.3 is 11.9 Å². The number of likely N-dealkylation sites (tertiary alicyclic amines) is 1. The molecule has 0 saturated carbocycles. The molecular weight excluding hydrogens is 1060 g/mol. The second-order valence-electron chi connectivity index (χ2n) is 20.0. The van der Waals surface area contributed by atoms with E-state index in [4.69, 9.17) is 17.2 Å². The summed E-state index contributed by atoms with van der Waals surface area (Å²) in [6, 6.07) is 3.91. The Kier molecular flexibility index (Phi) is 26.2. The summed E-state index contributed by atoms with van der Waals surface area (Å²) in [7, 11) is 0. The normalized spacial score (nSPS) is 16.1. The Morgan fingerprint density at radius 1 is 0.713 bits per heavy atom. The van der Waals surface area contributed by atoms with Crippen molar-refractivity contribution in [2.75, 3.05) is 31.7 Å². The van der Waals surface area contributed by atoms with Crippen LogP contribution in [0.25, 0.3) is 10.9 Å². The van der Waals surface area contributed by atoms with Gasteiger partial charge in [0, 0.05) is 43.0 Å². The minimum absolute atomic E-state index is 0.0250. The molecule has 0 radical (unpaired) electrons. The van der Waals surface area contributed by atoms with Crippen LogP contribution in [-0.2, 0) is 60.8 Å². The number of aromatic amines is 1. The molecule has 26 nitrogen and oxygen atoms in total. The van der Waals surface area contributed by atoms with Gasteiger partial charge in [-0.1, -0.05) is 62.4 Å². The van der Waals surface area contributed by atoms with Crippen LogP contribution < -0.4 is 54.4 Å². The predicted molar refractivity (Wildman–Crippen MR) is 298 cm³/mol. The summed E-state index contributed by atoms with van der Waals surface area (Å²) in [5, 5.41) is 48.5. The van der Waals surface area contributed by atoms with E-state index in [-0.39, 0.29) is 76.3 Å². The van der Waals surface area contributed by atoms with Gasteiger partial charge in [-0.25, -0.2) is 4.79 Å². The molecule has 9 unspecified atom stereocenters. The van der Waals surface area contributed by atoms with Crippen molar-refractivity contribution in [1.82, 2.24) is 47.1 Å². The molecule has 1 fully saturated rings. The summed E-state index contributed by atoms with van der Waals surface area (Å²) in [5.41, 5.74) is 19.5. The van der Waals surface area contributed by atoms with Gasteiger partial charge in [-0.3, -0.25) is 48.1 Å². The standard InChI is InChI=1S/C53H77N13O13S/c1-29(2)24-40(52(78)79)64-44(70)30(3)59-46(72)37(20-23-80-4)61-48(74)39(25-31-12-6-5-7-13-31)63-49(75)41(28-67)65-50(76)42-17-11-22-66(42)51(77)38(18-19-43(68)69)62-47(73)36(16-10-21-57-53(55)56)60-45(71)34(54)26-32-27-58-35-15-9-8-14-33(32)35/h5-9,12-15,27,29-30,34,36-42,58,67H,10-11,16-26,28,54H2,1-4H3,(H,59,72)(H,60,71)(H,61,74)(H,62,73)(H,63,75)(H,64,70)(H,65,76)(H,68,69)(H,78,79)(H4,55,56,57). The number of amides is 8. The zero-order valence-corrected chi connectivity index (χ0v) is 46.2. The van der Waals surface area contributed by atoms with Crippen LogP contribution in [0.5, 0.6) is 0 Å². The first-order chi connectivity index (χ1) is 38.0. The van der Waals surface area contributed by atoms with E-state index in [1.807, 2.05) is 24.3 Å². The number of fused-ring (bicyclic) bond motifs is 1. The molecule has 1 aliphatic rings. The summed E-state index contributed by atoms with van der Waals surface area (Å²) in [4.78, 5) is 143. The molecule has 1 saturated heterocycles. The summed E-state index contributed by atoms with van der Waals surface area (Å²) in [5.74, 6) is -9.10. The van der Waals surface area contributed by atoms with Crippen LogP contribution in [0.2, 0.25) is 0 Å². The molecule has 27 heteroatoms. The van der Waals surface area contributed by atoms with Crippen LogP contribution in [0.1, 0.15) is 83.3 Å². The van der Waals surface area contributed by atoms with Crippen LogP contribution >= 0.6 is 11.8 Å². The maximum absolute atomic E-state index is 14.4. The number of para-hydroxylation sites is 1. The van der Waals surface area contributed by atoms with Crippen molar-refractivity contribution < 1.29 is 63.3 Å². The lowest BCUT2D eigenvalue weighted by Crippen LogP contribution is -2.61. The fourth-order valence-electron chi connectivity index (χ4n) is 8.92. The number of thioether (sulfide) groups is 1. The van der Waals surface area contributed by atoms with Gasteiger partial charge in [0.25, 0.3) is 0 Å². The second kappa shape index (κ2) is 32.3. The Morgan fingerprint density at radius 3 is 1.96 bits per heavy atom. The van der Waals surface area contributed by atoms with Gasteiger partial charge in [0.1, 0.15) is 48.3 Å². The number of hydrogen-bond acceptors (Lipinski definition) is 14. The maximum Gasteiger partial charge on any atom is 0.326 e. The SMILES string of the molecule is CSCCC(NC(=O)C(Cc1ccccc1)NC(=O)C(CO)NC(=O)C1CCCN1C(=O)C(CCC(=O)O)NC(=O)C(CCCN=C(N)N)NC(=O)C(N)Cc1c[nH]c2ccccc12)C(=O)NC(C)C(=O)NC(CC(C)C)C(=O)O. The first-order valence-corrected chi connectivity index (χ1v) is 27.8. The van der Waals surface area contributed by atoms with E-state index in [0.717, 1.165) is 21.4 Å². The topological polar surface area (TPSA) is 425 Å². The van der Waals surface area contributed by atoms with Crippen LogP contribution in [-0.4, -0.2) is 176 Å². The lowest BCUT2D eigenvalue weighted by atomic mass is 10.0. The Labute approximate surface area is 467 Å². The van der Waals surface area contributed by atoms with Crippen LogP contribution in [0.15, 0.2) is 65.8 Å². The average molecular weight is 1140 g/mol. The van der Waals surface area contributed by atoms with Gasteiger partial charge < -0.3 is 79.6 Å². The third-order valence-corrected chi connectivity index (χ3v) is 13.8. The number of nitrogens with two attached hydrogens (primary N) is 3. The lowest BCUT2D eigenvalue weighted by molar-refractivity contribution is -0.144. The van der Waals surface area contributed by atoms with Gasteiger partial charge in [-0.15, -0.1) is 0 Å². The minimum atomic E-state index is -1.69. The number of guanidine groups is 1. The molecule has 17 N–H and O–H groups in total. The highest BCUT2D eigenvalue weighted by Crippen LogP contribution is 2.22. The Hall–Kier alpha value is -7.78. The quantitative estimate of drug-likeness (QED) is 0.0187. The van der Waals surface area contributed by atoms with Crippen LogP contribution in [0.4, 0.5) is 0 Å². The Bertz CT molecular complexity index is 2650. The number of H-pyrrole nitrogens is 1. The molecule has 4 rings (SSSR count). The van der Waals surface area contributed by atoms with E-state index in [2.05, 4.69) is 47.2 Å². The Balaban J connectivity index is 1.50. The molecule has 1 aliphatic heterocycles. The monoisotopic (exact) mass is 1140 g/mol. The number of carbonyl (C=O) groups excluding carboxylic acids is 8. The summed E-state index contributed by atoms with van der Waals surface area (Å²) >= 11 is 1.37. The highest BCUT2D eigenvalue weighted by Gasteiger charge is 2.40. The van der Waals surface area contributed by atoms with Crippen molar-refractivity contribution in [1.29, 1.82) is 0 Å². The summed E-state index contributed by atoms with van der Waals surface area (Å²) < 4.78 is 0. The number of rotatable bonds is 33. The van der Waals surface area contributed by atoms with Crippen molar-refractivity contribution in [2.24, 2.45) is 28.1 Å². The number of nitrogens with zero attached hydrogens (tertiary/aromatic N) is 2. The largest absolute Gasteiger partial charge is 0.481 e. The van der Waals surface area contributed by atoms with E-state index >= 15 is 0 Å². The number of aliphatic imine (C=N–C) groups is 1. The number of aromatic nitrogens is 1. The van der Waals surface area contributed by atoms with Crippen molar-refractivity contribution in [2.45, 2.75) is 139 Å². The zero-order chi connectivity index (χ0) is 59.1. The molecule has 0 bridgehead atoms. The van der Waals surface area contributed by atoms with Crippen molar-refractivity contribution in [3.8, 4) is 0 Å². The van der Waals surface area contributed by atoms with Gasteiger partial charge in [0.05, 0.1) is 12.6 Å². The number of carbonyl (C=O) groups is 10. The molecule has 3 aromatic rings. The van der Waals surface area contributed by atoms with E-state index < -0.39 is 133 Å². The molecule has 9 atom stereocenters. The molecule has 438 valence electrons. The van der Waals surface area contributed by atoms with Crippen LogP contribution in [0, 0.1) is 5.92 Å². The number of aliphatic hydroxyl groups is 1. The first kappa shape index (κ1) is 64.7. The molecule has 2 heterocycles. The number of nitrogens with one attached hydrogen (secondary N) is 8. The van der Waals surface area contributed by atoms with E-state index in [1.54, 1.807) is 56.6 Å². The third kappa shape index (κ3) is 20.5. The van der Waals surface area contributed by atoms with Crippen molar-refractivity contribution in [3.63, 3.8) is 0 Å². The van der Waals surface area contributed by atoms with Crippen LogP contribution in [0.3, 0.4) is 0 Å². The van der Waals surface area contributed by atoms with Crippen molar-refractivity contribution >= 4 is 87.8 Å². The fraction of sp³-hybridized carbons (Fsp3) is 0.528. The summed E-state index contributed by atoms with van der Waals surface area (Å²) in [6.45, 7) is 4.01. The molecule has 80 heavy (non-hydrogen) atoms. The predicted octanol–water partition coefficient (Wildman–Crippen LogP) is -1.52. The fourth-order valence-corrected chi connectivity index (χ4v) is 9.39. The molecule has 0 spiro atoms. The Morgan fingerprint density at radius 2 is 1.31 bits per heavy atom. The first-order valence-electron chi connectivity index (χ1n) is 26.4. The maximum atomic E-state index is 14.4. The van der Waals surface area contributed by atoms with Crippen molar-refractivity contribution in [3.05, 3.63) is 71.9 Å². The lowest BCUT2D eigenvalue weighted by Gasteiger charge is -2.31. The molecule has 1 aromatic heterocycles. The number of aliphatic hydroxyl groups excluding tert-OH is 1. The van der Waals surface area contributed by atoms with Gasteiger partial charge in [0.2, 0.25) is 47.3 Å². The van der Waals surface area contributed by atoms with Gasteiger partial charge in [0.15, 0.2) is 5.96 Å². The highest BCUT2D eigenvalue weighted by molar-refractivity contribution is 7.98. The molecular formula is C53H77N13O13S. The number of aliphatic carboxylic acids is 2. The zero-order valence-electron chi connectivity index (χ0n) is 45.4. The number of benzene rings is 2. The highest BCUT2D eigenvalue weighted by atomic mass is 32.2. The third-order valence-electron chi connectivity index (χ3n) is 13.2. The van der Waals surface area contributed by atoms with Gasteiger partial charge in [-0.05, 0) is 93.4 Å². The van der Waals surface area contributed by atoms with Gasteiger partial charge in [-0.2, -0.15) is 11.8 Å². The minimum Gasteiger partial charge on any atom is -0.481 e. The number of carboxylic acid groups (broad SMARTS) is 2. The molecule has 2 aromatic carbocycles. The second-order valence-corrected chi connectivity index (χ2v) is 20.9.